The summed E-state index contributed by atoms with van der Waals surface area (Å²) in [6.07, 6.45) is 0. The van der Waals surface area contributed by atoms with E-state index in [1.165, 1.54) is 0 Å². The number of carbonyl (C=O) groups is 2. The fourth-order valence-corrected chi connectivity index (χ4v) is 2.67. The first kappa shape index (κ1) is 20.7. The Labute approximate surface area is 174 Å². The van der Waals surface area contributed by atoms with E-state index < -0.39 is 0 Å². The van der Waals surface area contributed by atoms with Crippen molar-refractivity contribution in [2.24, 2.45) is 0 Å². The van der Waals surface area contributed by atoms with Gasteiger partial charge in [-0.3, -0.25) is 9.59 Å². The lowest BCUT2D eigenvalue weighted by molar-refractivity contribution is -0.118. The van der Waals surface area contributed by atoms with Gasteiger partial charge in [0.2, 0.25) is 0 Å². The average Bonchev–Trinajstić information content (AvgIpc) is 2.79. The lowest BCUT2D eigenvalue weighted by atomic mass is 10.2. The van der Waals surface area contributed by atoms with Gasteiger partial charge in [-0.05, 0) is 60.7 Å². The quantitative estimate of drug-likeness (QED) is 0.591. The van der Waals surface area contributed by atoms with E-state index in [2.05, 4.69) is 10.6 Å². The molecule has 0 radical (unpaired) electrons. The molecule has 2 amide bonds. The number of carbonyl (C=O) groups excluding carboxylic acids is 2. The van der Waals surface area contributed by atoms with Crippen LogP contribution in [0.3, 0.4) is 0 Å². The second-order valence-corrected chi connectivity index (χ2v) is 6.24. The highest BCUT2D eigenvalue weighted by Crippen LogP contribution is 2.24. The highest BCUT2D eigenvalue weighted by molar-refractivity contribution is 6.05. The summed E-state index contributed by atoms with van der Waals surface area (Å²) in [5.41, 5.74) is 1.68. The molecule has 3 rings (SSSR count). The summed E-state index contributed by atoms with van der Waals surface area (Å²) in [4.78, 5) is 24.5. The highest BCUT2D eigenvalue weighted by atomic mass is 16.5. The zero-order valence-corrected chi connectivity index (χ0v) is 16.7. The molecule has 154 valence electrons. The molecular weight excluding hydrogens is 384 g/mol. The maximum absolute atomic E-state index is 12.4. The van der Waals surface area contributed by atoms with Crippen LogP contribution >= 0.6 is 0 Å². The first-order valence-electron chi connectivity index (χ1n) is 9.20. The van der Waals surface area contributed by atoms with Gasteiger partial charge in [0.15, 0.2) is 6.61 Å². The Balaban J connectivity index is 1.52. The van der Waals surface area contributed by atoms with E-state index in [0.717, 1.165) is 0 Å². The number of rotatable bonds is 8. The van der Waals surface area contributed by atoms with Crippen molar-refractivity contribution in [2.45, 2.75) is 0 Å². The van der Waals surface area contributed by atoms with Gasteiger partial charge in [-0.15, -0.1) is 0 Å². The summed E-state index contributed by atoms with van der Waals surface area (Å²) in [5, 5.41) is 5.54. The number of amides is 2. The van der Waals surface area contributed by atoms with Gasteiger partial charge < -0.3 is 24.8 Å². The molecule has 2 N–H and O–H groups in total. The van der Waals surface area contributed by atoms with E-state index in [4.69, 9.17) is 14.2 Å². The number of para-hydroxylation sites is 2. The molecule has 0 aliphatic rings. The van der Waals surface area contributed by atoms with Crippen LogP contribution in [0.25, 0.3) is 0 Å². The van der Waals surface area contributed by atoms with Crippen molar-refractivity contribution in [1.82, 2.24) is 0 Å². The Kier molecular flexibility index (Phi) is 6.89. The van der Waals surface area contributed by atoms with Gasteiger partial charge in [0.05, 0.1) is 19.9 Å². The molecule has 0 aliphatic carbocycles. The normalized spacial score (nSPS) is 10.1. The van der Waals surface area contributed by atoms with E-state index in [1.54, 1.807) is 74.9 Å². The van der Waals surface area contributed by atoms with Gasteiger partial charge in [-0.25, -0.2) is 0 Å². The van der Waals surface area contributed by atoms with Crippen molar-refractivity contribution in [2.75, 3.05) is 31.5 Å². The molecule has 0 bridgehead atoms. The van der Waals surface area contributed by atoms with Crippen molar-refractivity contribution < 1.29 is 23.8 Å². The van der Waals surface area contributed by atoms with Crippen LogP contribution in [0.4, 0.5) is 11.4 Å². The molecule has 0 unspecified atom stereocenters. The van der Waals surface area contributed by atoms with Crippen LogP contribution < -0.4 is 24.8 Å². The van der Waals surface area contributed by atoms with Crippen LogP contribution in [0, 0.1) is 0 Å². The van der Waals surface area contributed by atoms with E-state index >= 15 is 0 Å². The number of hydrogen-bond acceptors (Lipinski definition) is 5. The summed E-state index contributed by atoms with van der Waals surface area (Å²) in [6, 6.07) is 20.7. The van der Waals surface area contributed by atoms with Gasteiger partial charge in [-0.2, -0.15) is 0 Å². The maximum Gasteiger partial charge on any atom is 0.262 e. The molecule has 3 aromatic rings. The summed E-state index contributed by atoms with van der Waals surface area (Å²) in [5.74, 6) is 1.20. The smallest absolute Gasteiger partial charge is 0.262 e. The molecule has 0 saturated carbocycles. The van der Waals surface area contributed by atoms with Crippen LogP contribution in [0.1, 0.15) is 10.4 Å². The molecule has 7 heteroatoms. The SMILES string of the molecule is COc1ccc(NC(=O)COc2ccc(C(=O)Nc3ccccc3OC)cc2)cc1. The first-order chi connectivity index (χ1) is 14.6. The molecule has 30 heavy (non-hydrogen) atoms. The lowest BCUT2D eigenvalue weighted by Gasteiger charge is -2.11. The van der Waals surface area contributed by atoms with E-state index in [1.807, 2.05) is 12.1 Å². The van der Waals surface area contributed by atoms with Crippen LogP contribution in [0.5, 0.6) is 17.2 Å². The minimum atomic E-state index is -0.293. The lowest BCUT2D eigenvalue weighted by Crippen LogP contribution is -2.20. The minimum Gasteiger partial charge on any atom is -0.497 e. The Morgan fingerprint density at radius 2 is 1.43 bits per heavy atom. The van der Waals surface area contributed by atoms with Crippen molar-refractivity contribution in [1.29, 1.82) is 0 Å². The number of nitrogens with one attached hydrogen (secondary N) is 2. The van der Waals surface area contributed by atoms with Crippen molar-refractivity contribution >= 4 is 23.2 Å². The second-order valence-electron chi connectivity index (χ2n) is 6.24. The highest BCUT2D eigenvalue weighted by Gasteiger charge is 2.10. The van der Waals surface area contributed by atoms with Gasteiger partial charge in [-0.1, -0.05) is 12.1 Å². The Hall–Kier alpha value is -4.00. The van der Waals surface area contributed by atoms with Crippen LogP contribution in [0.15, 0.2) is 72.8 Å². The van der Waals surface area contributed by atoms with Gasteiger partial charge in [0.1, 0.15) is 17.2 Å². The number of benzene rings is 3. The number of ether oxygens (including phenoxy) is 3. The predicted molar refractivity (Wildman–Crippen MR) is 115 cm³/mol. The third-order valence-electron chi connectivity index (χ3n) is 4.22. The number of anilines is 2. The van der Waals surface area contributed by atoms with E-state index in [9.17, 15) is 9.59 Å². The van der Waals surface area contributed by atoms with Crippen LogP contribution in [-0.4, -0.2) is 32.6 Å². The van der Waals surface area contributed by atoms with E-state index in [0.29, 0.717) is 34.2 Å². The summed E-state index contributed by atoms with van der Waals surface area (Å²) in [7, 11) is 3.12. The molecule has 0 aliphatic heterocycles. The van der Waals surface area contributed by atoms with Crippen molar-refractivity contribution in [3.63, 3.8) is 0 Å². The molecule has 0 fully saturated rings. The van der Waals surface area contributed by atoms with Gasteiger partial charge in [0, 0.05) is 11.3 Å². The zero-order valence-electron chi connectivity index (χ0n) is 16.7. The monoisotopic (exact) mass is 406 g/mol. The van der Waals surface area contributed by atoms with Gasteiger partial charge in [0.25, 0.3) is 11.8 Å². The summed E-state index contributed by atoms with van der Waals surface area (Å²) in [6.45, 7) is -0.154. The predicted octanol–water partition coefficient (Wildman–Crippen LogP) is 3.97. The second kappa shape index (κ2) is 9.97. The van der Waals surface area contributed by atoms with E-state index in [-0.39, 0.29) is 18.4 Å². The molecule has 7 nitrogen and oxygen atoms in total. The fraction of sp³-hybridized carbons (Fsp3) is 0.130. The Morgan fingerprint density at radius 1 is 0.767 bits per heavy atom. The first-order valence-corrected chi connectivity index (χ1v) is 9.20. The Bertz CT molecular complexity index is 1000. The average molecular weight is 406 g/mol. The largest absolute Gasteiger partial charge is 0.497 e. The van der Waals surface area contributed by atoms with Crippen LogP contribution in [0.2, 0.25) is 0 Å². The maximum atomic E-state index is 12.4. The van der Waals surface area contributed by atoms with Crippen molar-refractivity contribution in [3.05, 3.63) is 78.4 Å². The third kappa shape index (κ3) is 5.51. The van der Waals surface area contributed by atoms with Crippen LogP contribution in [-0.2, 0) is 4.79 Å². The standard InChI is InChI=1S/C23H22N2O5/c1-28-18-13-9-17(10-14-18)24-22(26)15-30-19-11-7-16(8-12-19)23(27)25-20-5-3-4-6-21(20)29-2/h3-14H,15H2,1-2H3,(H,24,26)(H,25,27). The van der Waals surface area contributed by atoms with Crippen molar-refractivity contribution in [3.8, 4) is 17.2 Å². The molecule has 0 atom stereocenters. The summed E-state index contributed by atoms with van der Waals surface area (Å²) >= 11 is 0. The Morgan fingerprint density at radius 3 is 2.10 bits per heavy atom. The molecular formula is C23H22N2O5. The molecule has 0 heterocycles. The third-order valence-corrected chi connectivity index (χ3v) is 4.22. The minimum absolute atomic E-state index is 0.154. The topological polar surface area (TPSA) is 85.9 Å². The number of hydrogen-bond donors (Lipinski definition) is 2. The molecule has 0 saturated heterocycles. The molecule has 3 aromatic carbocycles. The molecule has 0 spiro atoms. The molecule has 0 aromatic heterocycles. The number of methoxy groups -OCH3 is 2. The van der Waals surface area contributed by atoms with Gasteiger partial charge >= 0.3 is 0 Å². The fourth-order valence-electron chi connectivity index (χ4n) is 2.67. The summed E-state index contributed by atoms with van der Waals surface area (Å²) < 4.78 is 15.8. The zero-order chi connectivity index (χ0) is 21.3.